The van der Waals surface area contributed by atoms with Crippen molar-refractivity contribution in [1.29, 1.82) is 0 Å². The second-order valence-electron chi connectivity index (χ2n) is 5.59. The van der Waals surface area contributed by atoms with Gasteiger partial charge in [-0.15, -0.1) is 0 Å². The molecule has 0 amide bonds. The Bertz CT molecular complexity index is 898. The molecule has 0 spiro atoms. The highest BCUT2D eigenvalue weighted by Gasteiger charge is 2.24. The van der Waals surface area contributed by atoms with Crippen LogP contribution in [-0.2, 0) is 6.42 Å². The van der Waals surface area contributed by atoms with Gasteiger partial charge in [0.2, 0.25) is 0 Å². The van der Waals surface area contributed by atoms with Gasteiger partial charge < -0.3 is 4.74 Å². The molecule has 1 unspecified atom stereocenters. The lowest BCUT2D eigenvalue weighted by atomic mass is 10.1. The quantitative estimate of drug-likeness (QED) is 0.691. The zero-order valence-corrected chi connectivity index (χ0v) is 14.6. The molecule has 0 saturated carbocycles. The minimum absolute atomic E-state index is 0.0564. The van der Waals surface area contributed by atoms with Crippen LogP contribution in [0.5, 0.6) is 5.75 Å². The van der Waals surface area contributed by atoms with E-state index in [0.29, 0.717) is 0 Å². The number of hydrogen-bond acceptors (Lipinski definition) is 3. The van der Waals surface area contributed by atoms with E-state index in [2.05, 4.69) is 38.5 Å². The molecule has 0 saturated heterocycles. The third kappa shape index (κ3) is 2.99. The summed E-state index contributed by atoms with van der Waals surface area (Å²) in [6, 6.07) is 15.9. The van der Waals surface area contributed by atoms with Crippen LogP contribution in [0.2, 0.25) is 0 Å². The van der Waals surface area contributed by atoms with Crippen molar-refractivity contribution in [3.8, 4) is 16.2 Å². The number of ether oxygens (including phenoxy) is 1. The summed E-state index contributed by atoms with van der Waals surface area (Å²) in [5.74, 6) is 0.859. The second kappa shape index (κ2) is 5.98. The van der Waals surface area contributed by atoms with Crippen molar-refractivity contribution in [1.82, 2.24) is 4.37 Å². The SMILES string of the molecule is O=c1cc(-c2ccc(OC3CCc4cc(Br)ccc43)cc2)s[nH]1. The summed E-state index contributed by atoms with van der Waals surface area (Å²) in [4.78, 5) is 12.2. The average Bonchev–Trinajstić information content (AvgIpc) is 3.15. The fraction of sp³-hybridized carbons (Fsp3) is 0.167. The molecule has 3 aromatic rings. The Kier molecular flexibility index (Phi) is 3.83. The highest BCUT2D eigenvalue weighted by atomic mass is 79.9. The van der Waals surface area contributed by atoms with Gasteiger partial charge in [-0.25, -0.2) is 0 Å². The topological polar surface area (TPSA) is 42.1 Å². The number of nitrogens with one attached hydrogen (secondary N) is 1. The lowest BCUT2D eigenvalue weighted by Crippen LogP contribution is -2.03. The zero-order chi connectivity index (χ0) is 15.8. The van der Waals surface area contributed by atoms with E-state index in [-0.39, 0.29) is 11.7 Å². The van der Waals surface area contributed by atoms with Gasteiger partial charge in [0.05, 0.1) is 4.88 Å². The van der Waals surface area contributed by atoms with Gasteiger partial charge >= 0.3 is 0 Å². The Morgan fingerprint density at radius 1 is 1.13 bits per heavy atom. The van der Waals surface area contributed by atoms with E-state index < -0.39 is 0 Å². The Morgan fingerprint density at radius 3 is 2.70 bits per heavy atom. The Labute approximate surface area is 146 Å². The molecule has 2 aromatic carbocycles. The summed E-state index contributed by atoms with van der Waals surface area (Å²) in [7, 11) is 0. The number of fused-ring (bicyclic) bond motifs is 1. The Balaban J connectivity index is 1.53. The van der Waals surface area contributed by atoms with Gasteiger partial charge in [0.15, 0.2) is 0 Å². The number of rotatable bonds is 3. The molecule has 1 aliphatic rings. The monoisotopic (exact) mass is 387 g/mol. The van der Waals surface area contributed by atoms with Crippen LogP contribution in [0.4, 0.5) is 0 Å². The van der Waals surface area contributed by atoms with E-state index in [9.17, 15) is 4.79 Å². The van der Waals surface area contributed by atoms with Crippen molar-refractivity contribution in [3.63, 3.8) is 0 Å². The molecule has 1 aromatic heterocycles. The molecule has 0 radical (unpaired) electrons. The molecule has 116 valence electrons. The van der Waals surface area contributed by atoms with Crippen LogP contribution in [0.15, 0.2) is 57.8 Å². The number of benzene rings is 2. The summed E-state index contributed by atoms with van der Waals surface area (Å²) in [5.41, 5.74) is 3.61. The Morgan fingerprint density at radius 2 is 1.96 bits per heavy atom. The summed E-state index contributed by atoms with van der Waals surface area (Å²) >= 11 is 4.87. The molecule has 1 aliphatic carbocycles. The molecule has 4 rings (SSSR count). The van der Waals surface area contributed by atoms with Crippen LogP contribution in [-0.4, -0.2) is 4.37 Å². The molecule has 1 heterocycles. The van der Waals surface area contributed by atoms with Crippen LogP contribution in [0, 0.1) is 0 Å². The smallest absolute Gasteiger partial charge is 0.258 e. The van der Waals surface area contributed by atoms with Crippen LogP contribution in [0.3, 0.4) is 0 Å². The number of aromatic amines is 1. The fourth-order valence-corrected chi connectivity index (χ4v) is 4.05. The van der Waals surface area contributed by atoms with E-state index in [1.165, 1.54) is 22.7 Å². The van der Waals surface area contributed by atoms with E-state index in [4.69, 9.17) is 4.74 Å². The van der Waals surface area contributed by atoms with Crippen LogP contribution < -0.4 is 10.3 Å². The first-order chi connectivity index (χ1) is 11.2. The van der Waals surface area contributed by atoms with E-state index >= 15 is 0 Å². The molecule has 5 heteroatoms. The zero-order valence-electron chi connectivity index (χ0n) is 12.2. The molecule has 1 atom stereocenters. The fourth-order valence-electron chi connectivity index (χ4n) is 2.96. The average molecular weight is 388 g/mol. The summed E-state index contributed by atoms with van der Waals surface area (Å²) in [6.45, 7) is 0. The number of aryl methyl sites for hydroxylation is 1. The first-order valence-electron chi connectivity index (χ1n) is 7.43. The summed E-state index contributed by atoms with van der Waals surface area (Å²) in [5, 5.41) is 0. The third-order valence-corrected chi connectivity index (χ3v) is 5.44. The predicted octanol–water partition coefficient (Wildman–Crippen LogP) is 4.93. The molecule has 0 aliphatic heterocycles. The van der Waals surface area contributed by atoms with Crippen LogP contribution in [0.25, 0.3) is 10.4 Å². The van der Waals surface area contributed by atoms with Crippen molar-refractivity contribution in [3.05, 3.63) is 74.5 Å². The van der Waals surface area contributed by atoms with E-state index in [1.54, 1.807) is 6.07 Å². The minimum Gasteiger partial charge on any atom is -0.486 e. The molecular formula is C18H14BrNO2S. The molecule has 1 N–H and O–H groups in total. The van der Waals surface area contributed by atoms with Crippen LogP contribution in [0.1, 0.15) is 23.7 Å². The highest BCUT2D eigenvalue weighted by Crippen LogP contribution is 2.36. The second-order valence-corrected chi connectivity index (χ2v) is 7.35. The van der Waals surface area contributed by atoms with Crippen molar-refractivity contribution in [2.24, 2.45) is 0 Å². The van der Waals surface area contributed by atoms with Crippen molar-refractivity contribution < 1.29 is 4.74 Å². The van der Waals surface area contributed by atoms with Gasteiger partial charge in [-0.05, 0) is 65.9 Å². The van der Waals surface area contributed by atoms with Gasteiger partial charge in [0.1, 0.15) is 11.9 Å². The van der Waals surface area contributed by atoms with Gasteiger partial charge in [-0.2, -0.15) is 0 Å². The van der Waals surface area contributed by atoms with Gasteiger partial charge in [-0.1, -0.05) is 33.5 Å². The predicted molar refractivity (Wildman–Crippen MR) is 96.2 cm³/mol. The summed E-state index contributed by atoms with van der Waals surface area (Å²) in [6.07, 6.45) is 2.18. The number of hydrogen-bond donors (Lipinski definition) is 1. The van der Waals surface area contributed by atoms with E-state index in [1.807, 2.05) is 24.3 Å². The number of halogens is 1. The van der Waals surface area contributed by atoms with Crippen molar-refractivity contribution in [2.75, 3.05) is 0 Å². The lowest BCUT2D eigenvalue weighted by Gasteiger charge is -2.15. The third-order valence-electron chi connectivity index (χ3n) is 4.07. The molecular weight excluding hydrogens is 374 g/mol. The first-order valence-corrected chi connectivity index (χ1v) is 9.04. The standard InChI is InChI=1S/C18H14BrNO2S/c19-13-4-7-15-12(9-13)3-8-16(15)22-14-5-1-11(2-6-14)17-10-18(21)20-23-17/h1-2,4-7,9-10,16H,3,8H2,(H,20,21). The maximum Gasteiger partial charge on any atom is 0.258 e. The number of H-pyrrole nitrogens is 1. The maximum absolute atomic E-state index is 11.2. The molecule has 0 bridgehead atoms. The summed E-state index contributed by atoms with van der Waals surface area (Å²) < 4.78 is 9.98. The number of aromatic nitrogens is 1. The Hall–Kier alpha value is -1.85. The van der Waals surface area contributed by atoms with Gasteiger partial charge in [-0.3, -0.25) is 9.17 Å². The molecule has 3 nitrogen and oxygen atoms in total. The van der Waals surface area contributed by atoms with Crippen LogP contribution >= 0.6 is 27.5 Å². The van der Waals surface area contributed by atoms with Crippen molar-refractivity contribution in [2.45, 2.75) is 18.9 Å². The highest BCUT2D eigenvalue weighted by molar-refractivity contribution is 9.10. The molecule has 23 heavy (non-hydrogen) atoms. The first kappa shape index (κ1) is 14.7. The normalized spacial score (nSPS) is 16.3. The molecule has 0 fully saturated rings. The largest absolute Gasteiger partial charge is 0.486 e. The van der Waals surface area contributed by atoms with Crippen molar-refractivity contribution >= 4 is 27.5 Å². The lowest BCUT2D eigenvalue weighted by molar-refractivity contribution is 0.207. The van der Waals surface area contributed by atoms with Gasteiger partial charge in [0, 0.05) is 10.5 Å². The van der Waals surface area contributed by atoms with Gasteiger partial charge in [0.25, 0.3) is 5.56 Å². The maximum atomic E-state index is 11.2. The van der Waals surface area contributed by atoms with E-state index in [0.717, 1.165) is 33.5 Å². The minimum atomic E-state index is -0.0564.